The van der Waals surface area contributed by atoms with Gasteiger partial charge in [0.25, 0.3) is 5.91 Å². The molecule has 3 heterocycles. The van der Waals surface area contributed by atoms with Crippen LogP contribution in [-0.2, 0) is 27.9 Å². The van der Waals surface area contributed by atoms with Crippen LogP contribution in [0.3, 0.4) is 0 Å². The number of carbonyl (C=O) groups excluding carboxylic acids is 3. The van der Waals surface area contributed by atoms with Gasteiger partial charge in [0.05, 0.1) is 17.8 Å². The predicted octanol–water partition coefficient (Wildman–Crippen LogP) is 2.96. The maximum Gasteiger partial charge on any atom is 0.250 e. The largest absolute Gasteiger partial charge is 0.384 e. The summed E-state index contributed by atoms with van der Waals surface area (Å²) in [7, 11) is 3.21. The lowest BCUT2D eigenvalue weighted by atomic mass is 9.80. The highest BCUT2D eigenvalue weighted by molar-refractivity contribution is 6.12. The Hall–Kier alpha value is -4.22. The number of halogens is 3. The molecule has 3 aromatic rings. The molecule has 1 aliphatic rings. The molecule has 2 N–H and O–H groups in total. The maximum absolute atomic E-state index is 13.8. The molecule has 0 aliphatic carbocycles. The summed E-state index contributed by atoms with van der Waals surface area (Å²) in [5.74, 6) is -7.34. The number of hydrogen-bond acceptors (Lipinski definition) is 6. The average molecular weight is 529 g/mol. The fourth-order valence-electron chi connectivity index (χ4n) is 4.71. The first-order valence-electron chi connectivity index (χ1n) is 12.0. The average Bonchev–Trinajstić information content (AvgIpc) is 3.32. The highest BCUT2D eigenvalue weighted by Crippen LogP contribution is 2.35. The van der Waals surface area contributed by atoms with Crippen molar-refractivity contribution in [3.8, 4) is 0 Å². The number of likely N-dealkylation sites (tertiary alicyclic amines) is 1. The Balaban J connectivity index is 1.61. The fourth-order valence-corrected chi connectivity index (χ4v) is 4.71. The first kappa shape index (κ1) is 26.8. The molecule has 2 aromatic heterocycles. The SMILES string of the molecule is CC[C@@H](CC(=O)N1C(=O)[C@H](Cc2ccnc(N)c2)[C@H]1C(=O)N(C)c1cnn(C)c1)c1cc(F)c(F)c(F)c1. The fraction of sp³-hybridized carbons (Fsp3) is 0.346. The predicted molar refractivity (Wildman–Crippen MR) is 132 cm³/mol. The Kier molecular flexibility index (Phi) is 7.51. The molecule has 0 bridgehead atoms. The summed E-state index contributed by atoms with van der Waals surface area (Å²) in [5, 5.41) is 4.06. The molecule has 9 nitrogen and oxygen atoms in total. The molecule has 0 spiro atoms. The molecule has 3 atom stereocenters. The van der Waals surface area contributed by atoms with E-state index in [1.807, 2.05) is 0 Å². The molecule has 1 fully saturated rings. The Morgan fingerprint density at radius 1 is 1.18 bits per heavy atom. The number of likely N-dealkylation sites (N-methyl/N-ethyl adjacent to an activating group) is 1. The lowest BCUT2D eigenvalue weighted by Gasteiger charge is -2.46. The number of benzene rings is 1. The van der Waals surface area contributed by atoms with E-state index in [1.54, 1.807) is 32.3 Å². The maximum atomic E-state index is 13.8. The smallest absolute Gasteiger partial charge is 0.250 e. The number of aryl methyl sites for hydroxylation is 1. The van der Waals surface area contributed by atoms with Crippen molar-refractivity contribution in [3.05, 3.63) is 71.4 Å². The monoisotopic (exact) mass is 528 g/mol. The highest BCUT2D eigenvalue weighted by atomic mass is 19.2. The summed E-state index contributed by atoms with van der Waals surface area (Å²) < 4.78 is 42.7. The van der Waals surface area contributed by atoms with Gasteiger partial charge < -0.3 is 10.6 Å². The molecule has 1 aromatic carbocycles. The summed E-state index contributed by atoms with van der Waals surface area (Å²) in [4.78, 5) is 46.3. The second-order valence-electron chi connectivity index (χ2n) is 9.32. The zero-order valence-electron chi connectivity index (χ0n) is 21.1. The summed E-state index contributed by atoms with van der Waals surface area (Å²) >= 11 is 0. The molecule has 4 rings (SSSR count). The van der Waals surface area contributed by atoms with Crippen molar-refractivity contribution in [1.29, 1.82) is 0 Å². The number of nitrogens with two attached hydrogens (primary N) is 1. The molecular weight excluding hydrogens is 501 g/mol. The quantitative estimate of drug-likeness (QED) is 0.355. The summed E-state index contributed by atoms with van der Waals surface area (Å²) in [5.41, 5.74) is 6.99. The first-order valence-corrected chi connectivity index (χ1v) is 12.0. The van der Waals surface area contributed by atoms with Gasteiger partial charge >= 0.3 is 0 Å². The van der Waals surface area contributed by atoms with Crippen molar-refractivity contribution in [1.82, 2.24) is 19.7 Å². The van der Waals surface area contributed by atoms with Gasteiger partial charge in [-0.15, -0.1) is 0 Å². The number of imide groups is 1. The van der Waals surface area contributed by atoms with Gasteiger partial charge in [-0.2, -0.15) is 5.10 Å². The van der Waals surface area contributed by atoms with E-state index in [9.17, 15) is 27.6 Å². The normalized spacial score (nSPS) is 17.7. The van der Waals surface area contributed by atoms with Crippen molar-refractivity contribution >= 4 is 29.2 Å². The van der Waals surface area contributed by atoms with E-state index < -0.39 is 53.1 Å². The van der Waals surface area contributed by atoms with Gasteiger partial charge in [0.15, 0.2) is 17.5 Å². The van der Waals surface area contributed by atoms with Gasteiger partial charge in [0.1, 0.15) is 11.9 Å². The van der Waals surface area contributed by atoms with Gasteiger partial charge in [-0.1, -0.05) is 6.92 Å². The minimum absolute atomic E-state index is 0.0874. The molecular formula is C26H27F3N6O3. The van der Waals surface area contributed by atoms with E-state index in [-0.39, 0.29) is 30.6 Å². The van der Waals surface area contributed by atoms with Crippen LogP contribution >= 0.6 is 0 Å². The number of nitrogens with zero attached hydrogens (tertiary/aromatic N) is 5. The Labute approximate surface area is 217 Å². The lowest BCUT2D eigenvalue weighted by Crippen LogP contribution is -2.69. The number of pyridine rings is 1. The van der Waals surface area contributed by atoms with Crippen molar-refractivity contribution < 1.29 is 27.6 Å². The van der Waals surface area contributed by atoms with Crippen LogP contribution < -0.4 is 10.6 Å². The van der Waals surface area contributed by atoms with Gasteiger partial charge in [-0.05, 0) is 54.2 Å². The number of anilines is 2. The molecule has 38 heavy (non-hydrogen) atoms. The number of rotatable bonds is 8. The van der Waals surface area contributed by atoms with Gasteiger partial charge in [-0.3, -0.25) is 24.0 Å². The molecule has 12 heteroatoms. The summed E-state index contributed by atoms with van der Waals surface area (Å²) in [6, 6.07) is 3.83. The first-order chi connectivity index (χ1) is 18.0. The molecule has 200 valence electrons. The number of amides is 3. The molecule has 0 saturated carbocycles. The third kappa shape index (κ3) is 5.11. The standard InChI is InChI=1S/C26H27F3N6O3/c1-4-15(16-9-19(27)23(29)20(28)10-16)11-22(36)35-24(26(38)34(3)17-12-32-33(2)13-17)18(25(35)37)7-14-5-6-31-21(30)8-14/h5-6,8-10,12-13,15,18,24H,4,7,11H2,1-3H3,(H2,30,31)/t15-,18+,24-/m0/s1. The zero-order valence-corrected chi connectivity index (χ0v) is 21.1. The van der Waals surface area contributed by atoms with Crippen LogP contribution in [0.1, 0.15) is 36.8 Å². The zero-order chi connectivity index (χ0) is 27.7. The van der Waals surface area contributed by atoms with Gasteiger partial charge in [-0.25, -0.2) is 18.2 Å². The Morgan fingerprint density at radius 2 is 1.87 bits per heavy atom. The van der Waals surface area contributed by atoms with Crippen molar-refractivity contribution in [2.45, 2.75) is 38.1 Å². The second kappa shape index (κ2) is 10.6. The molecule has 3 amide bonds. The topological polar surface area (TPSA) is 114 Å². The van der Waals surface area contributed by atoms with E-state index >= 15 is 0 Å². The van der Waals surface area contributed by atoms with Crippen LogP contribution in [0.15, 0.2) is 42.9 Å². The number of carbonyl (C=O) groups is 3. The van der Waals surface area contributed by atoms with Gasteiger partial charge in [0.2, 0.25) is 11.8 Å². The van der Waals surface area contributed by atoms with Crippen molar-refractivity contribution in [2.75, 3.05) is 17.7 Å². The molecule has 1 saturated heterocycles. The van der Waals surface area contributed by atoms with E-state index in [0.717, 1.165) is 17.0 Å². The summed E-state index contributed by atoms with van der Waals surface area (Å²) in [6.45, 7) is 1.70. The Morgan fingerprint density at radius 3 is 2.45 bits per heavy atom. The highest BCUT2D eigenvalue weighted by Gasteiger charge is 2.55. The van der Waals surface area contributed by atoms with Crippen LogP contribution in [0.25, 0.3) is 0 Å². The van der Waals surface area contributed by atoms with Gasteiger partial charge in [0, 0.05) is 32.9 Å². The van der Waals surface area contributed by atoms with E-state index in [4.69, 9.17) is 5.73 Å². The van der Waals surface area contributed by atoms with E-state index in [2.05, 4.69) is 10.1 Å². The van der Waals surface area contributed by atoms with Crippen LogP contribution in [0.5, 0.6) is 0 Å². The van der Waals surface area contributed by atoms with Crippen molar-refractivity contribution in [3.63, 3.8) is 0 Å². The third-order valence-electron chi connectivity index (χ3n) is 6.84. The van der Waals surface area contributed by atoms with Crippen LogP contribution in [-0.4, -0.2) is 50.5 Å². The minimum atomic E-state index is -1.60. The van der Waals surface area contributed by atoms with E-state index in [0.29, 0.717) is 11.3 Å². The molecule has 0 unspecified atom stereocenters. The van der Waals surface area contributed by atoms with E-state index in [1.165, 1.54) is 29.0 Å². The minimum Gasteiger partial charge on any atom is -0.384 e. The van der Waals surface area contributed by atoms with Crippen LogP contribution in [0.4, 0.5) is 24.7 Å². The van der Waals surface area contributed by atoms with Crippen molar-refractivity contribution in [2.24, 2.45) is 13.0 Å². The second-order valence-corrected chi connectivity index (χ2v) is 9.32. The van der Waals surface area contributed by atoms with Crippen LogP contribution in [0.2, 0.25) is 0 Å². The Bertz CT molecular complexity index is 1370. The summed E-state index contributed by atoms with van der Waals surface area (Å²) in [6.07, 6.45) is 4.72. The van der Waals surface area contributed by atoms with Crippen LogP contribution in [0, 0.1) is 23.4 Å². The third-order valence-corrected chi connectivity index (χ3v) is 6.84. The lowest BCUT2D eigenvalue weighted by molar-refractivity contribution is -0.170. The number of nitrogen functional groups attached to an aromatic ring is 1. The number of aromatic nitrogens is 3. The molecule has 0 radical (unpaired) electrons. The molecule has 1 aliphatic heterocycles. The number of β-lactam (4-membered cyclic amide) rings is 1. The number of hydrogen-bond donors (Lipinski definition) is 1.